The molecule has 0 bridgehead atoms. The fourth-order valence-electron chi connectivity index (χ4n) is 4.79. The maximum absolute atomic E-state index is 13.7. The number of amides is 2. The van der Waals surface area contributed by atoms with Gasteiger partial charge in [-0.1, -0.05) is 31.9 Å². The summed E-state index contributed by atoms with van der Waals surface area (Å²) in [7, 11) is 0. The van der Waals surface area contributed by atoms with Crippen molar-refractivity contribution >= 4 is 11.8 Å². The SMILES string of the molecule is C#CCOc1cc(C(C(=O)N2C[C@H](O)C[C@H]2C(=O)N[C@@H](C)c2ccc(-n3ccnc3C)cc2)C(C)C)on1. The Hall–Kier alpha value is -4.10. The summed E-state index contributed by atoms with van der Waals surface area (Å²) in [6.45, 7) is 7.66. The lowest BCUT2D eigenvalue weighted by molar-refractivity contribution is -0.141. The summed E-state index contributed by atoms with van der Waals surface area (Å²) < 4.78 is 12.7. The number of carbonyl (C=O) groups excluding carboxylic acids is 2. The topological polar surface area (TPSA) is 123 Å². The number of aryl methyl sites for hydroxylation is 1. The van der Waals surface area contributed by atoms with Crippen LogP contribution < -0.4 is 10.1 Å². The summed E-state index contributed by atoms with van der Waals surface area (Å²) in [5.41, 5.74) is 1.88. The van der Waals surface area contributed by atoms with Crippen molar-refractivity contribution in [2.75, 3.05) is 13.2 Å². The average molecular weight is 520 g/mol. The van der Waals surface area contributed by atoms with Gasteiger partial charge in [0.1, 0.15) is 17.8 Å². The first-order chi connectivity index (χ1) is 18.2. The van der Waals surface area contributed by atoms with Crippen molar-refractivity contribution in [2.45, 2.75) is 58.2 Å². The Morgan fingerprint density at radius 1 is 1.29 bits per heavy atom. The number of hydrogen-bond acceptors (Lipinski definition) is 7. The zero-order valence-electron chi connectivity index (χ0n) is 22.0. The Morgan fingerprint density at radius 3 is 2.66 bits per heavy atom. The number of likely N-dealkylation sites (tertiary alicyclic amines) is 1. The molecule has 3 heterocycles. The minimum absolute atomic E-state index is 0.0247. The van der Waals surface area contributed by atoms with E-state index in [2.05, 4.69) is 21.4 Å². The predicted octanol–water partition coefficient (Wildman–Crippen LogP) is 2.76. The quantitative estimate of drug-likeness (QED) is 0.417. The van der Waals surface area contributed by atoms with Crippen LogP contribution >= 0.6 is 0 Å². The molecule has 1 fully saturated rings. The van der Waals surface area contributed by atoms with Gasteiger partial charge in [0.15, 0.2) is 12.4 Å². The summed E-state index contributed by atoms with van der Waals surface area (Å²) in [6, 6.07) is 8.26. The van der Waals surface area contributed by atoms with Crippen LogP contribution in [0.15, 0.2) is 47.2 Å². The molecule has 3 aromatic rings. The van der Waals surface area contributed by atoms with Crippen molar-refractivity contribution in [1.82, 2.24) is 24.9 Å². The molecule has 1 aromatic carbocycles. The first kappa shape index (κ1) is 26.9. The van der Waals surface area contributed by atoms with Crippen LogP contribution in [0, 0.1) is 25.2 Å². The Bertz CT molecular complexity index is 1310. The molecule has 2 aromatic heterocycles. The highest BCUT2D eigenvalue weighted by atomic mass is 16.5. The van der Waals surface area contributed by atoms with Crippen molar-refractivity contribution in [1.29, 1.82) is 0 Å². The van der Waals surface area contributed by atoms with Gasteiger partial charge in [-0.05, 0) is 42.6 Å². The lowest BCUT2D eigenvalue weighted by Gasteiger charge is -2.29. The van der Waals surface area contributed by atoms with E-state index in [1.54, 1.807) is 12.3 Å². The van der Waals surface area contributed by atoms with Gasteiger partial charge in [0.25, 0.3) is 5.88 Å². The molecule has 0 spiro atoms. The summed E-state index contributed by atoms with van der Waals surface area (Å²) in [4.78, 5) is 32.7. The molecule has 38 heavy (non-hydrogen) atoms. The van der Waals surface area contributed by atoms with Gasteiger partial charge in [-0.25, -0.2) is 4.98 Å². The summed E-state index contributed by atoms with van der Waals surface area (Å²) in [5, 5.41) is 17.2. The van der Waals surface area contributed by atoms with E-state index in [1.807, 2.05) is 62.7 Å². The van der Waals surface area contributed by atoms with Crippen LogP contribution in [-0.4, -0.2) is 61.8 Å². The molecule has 2 amide bonds. The maximum Gasteiger partial charge on any atom is 0.255 e. The van der Waals surface area contributed by atoms with Gasteiger partial charge in [0.2, 0.25) is 11.8 Å². The van der Waals surface area contributed by atoms with E-state index in [4.69, 9.17) is 15.7 Å². The lowest BCUT2D eigenvalue weighted by atomic mass is 9.91. The molecule has 0 radical (unpaired) electrons. The third-order valence-electron chi connectivity index (χ3n) is 6.77. The minimum atomic E-state index is -0.811. The minimum Gasteiger partial charge on any atom is -0.462 e. The average Bonchev–Trinajstić information content (AvgIpc) is 3.62. The van der Waals surface area contributed by atoms with E-state index in [0.29, 0.717) is 5.76 Å². The molecule has 0 aliphatic carbocycles. The number of nitrogens with one attached hydrogen (secondary N) is 1. The van der Waals surface area contributed by atoms with Crippen LogP contribution in [0.5, 0.6) is 5.88 Å². The second-order valence-corrected chi connectivity index (χ2v) is 9.84. The molecule has 1 aliphatic rings. The molecule has 2 N–H and O–H groups in total. The van der Waals surface area contributed by atoms with Crippen LogP contribution in [0.1, 0.15) is 56.3 Å². The maximum atomic E-state index is 13.7. The van der Waals surface area contributed by atoms with Gasteiger partial charge >= 0.3 is 0 Å². The molecule has 1 unspecified atom stereocenters. The summed E-state index contributed by atoms with van der Waals surface area (Å²) >= 11 is 0. The normalized spacial score (nSPS) is 18.7. The van der Waals surface area contributed by atoms with E-state index < -0.39 is 18.1 Å². The van der Waals surface area contributed by atoms with E-state index in [-0.39, 0.29) is 49.2 Å². The van der Waals surface area contributed by atoms with Crippen molar-refractivity contribution in [3.63, 3.8) is 0 Å². The number of nitrogens with zero attached hydrogens (tertiary/aromatic N) is 4. The number of imidazole rings is 1. The van der Waals surface area contributed by atoms with Crippen molar-refractivity contribution in [3.05, 3.63) is 59.9 Å². The number of aromatic nitrogens is 3. The van der Waals surface area contributed by atoms with Crippen LogP contribution in [-0.2, 0) is 9.59 Å². The summed E-state index contributed by atoms with van der Waals surface area (Å²) in [6.07, 6.45) is 8.20. The zero-order valence-corrected chi connectivity index (χ0v) is 22.0. The van der Waals surface area contributed by atoms with Gasteiger partial charge in [0, 0.05) is 37.1 Å². The Labute approximate surface area is 222 Å². The molecule has 1 saturated heterocycles. The number of aliphatic hydroxyl groups excluding tert-OH is 1. The summed E-state index contributed by atoms with van der Waals surface area (Å²) in [5.74, 6) is 2.24. The van der Waals surface area contributed by atoms with Crippen molar-refractivity contribution in [2.24, 2.45) is 5.92 Å². The lowest BCUT2D eigenvalue weighted by Crippen LogP contribution is -2.48. The fourth-order valence-corrected chi connectivity index (χ4v) is 4.79. The first-order valence-electron chi connectivity index (χ1n) is 12.6. The monoisotopic (exact) mass is 519 g/mol. The highest BCUT2D eigenvalue weighted by molar-refractivity contribution is 5.91. The third-order valence-corrected chi connectivity index (χ3v) is 6.77. The zero-order chi connectivity index (χ0) is 27.4. The molecular weight excluding hydrogens is 486 g/mol. The number of aliphatic hydroxyl groups is 1. The highest BCUT2D eigenvalue weighted by Crippen LogP contribution is 2.32. The number of rotatable bonds is 9. The van der Waals surface area contributed by atoms with Crippen LogP contribution in [0.2, 0.25) is 0 Å². The first-order valence-corrected chi connectivity index (χ1v) is 12.6. The molecule has 0 saturated carbocycles. The molecule has 10 heteroatoms. The molecular formula is C28H33N5O5. The number of terminal acetylenes is 1. The van der Waals surface area contributed by atoms with Gasteiger partial charge < -0.3 is 29.2 Å². The van der Waals surface area contributed by atoms with Gasteiger partial charge in [-0.3, -0.25) is 9.59 Å². The van der Waals surface area contributed by atoms with Gasteiger partial charge in [-0.15, -0.1) is 6.42 Å². The van der Waals surface area contributed by atoms with E-state index in [9.17, 15) is 14.7 Å². The van der Waals surface area contributed by atoms with Gasteiger partial charge in [-0.2, -0.15) is 0 Å². The number of ether oxygens (including phenoxy) is 1. The van der Waals surface area contributed by atoms with Gasteiger partial charge in [0.05, 0.1) is 12.1 Å². The number of β-amino-alcohol motifs (C(OH)–C–C–N with tert-alkyl or cyclic N) is 1. The van der Waals surface area contributed by atoms with Crippen LogP contribution in [0.3, 0.4) is 0 Å². The fraction of sp³-hybridized carbons (Fsp3) is 0.429. The third kappa shape index (κ3) is 5.73. The number of carbonyl (C=O) groups is 2. The molecule has 1 aliphatic heterocycles. The second-order valence-electron chi connectivity index (χ2n) is 9.84. The Morgan fingerprint density at radius 2 is 2.03 bits per heavy atom. The smallest absolute Gasteiger partial charge is 0.255 e. The second kappa shape index (κ2) is 11.5. The largest absolute Gasteiger partial charge is 0.462 e. The Kier molecular flexibility index (Phi) is 8.17. The Balaban J connectivity index is 1.47. The van der Waals surface area contributed by atoms with E-state index in [0.717, 1.165) is 17.1 Å². The van der Waals surface area contributed by atoms with E-state index in [1.165, 1.54) is 4.90 Å². The van der Waals surface area contributed by atoms with Crippen LogP contribution in [0.4, 0.5) is 0 Å². The van der Waals surface area contributed by atoms with E-state index >= 15 is 0 Å². The van der Waals surface area contributed by atoms with Crippen molar-refractivity contribution < 1.29 is 24.0 Å². The molecule has 4 atom stereocenters. The standard InChI is InChI=1S/C28H33N5O5/c1-6-13-37-25-15-24(38-31-25)26(17(2)3)28(36)33-16-22(34)14-23(33)27(35)30-18(4)20-7-9-21(10-8-20)32-12-11-29-19(32)5/h1,7-12,15,17-18,22-23,26,34H,13-14,16H2,2-5H3,(H,30,35)/t18-,22+,23-,26?/m0/s1. The van der Waals surface area contributed by atoms with Crippen LogP contribution in [0.25, 0.3) is 5.69 Å². The molecule has 200 valence electrons. The van der Waals surface area contributed by atoms with Crippen molar-refractivity contribution in [3.8, 4) is 23.9 Å². The molecule has 4 rings (SSSR count). The highest BCUT2D eigenvalue weighted by Gasteiger charge is 2.43. The number of benzene rings is 1. The predicted molar refractivity (Wildman–Crippen MR) is 139 cm³/mol. The number of hydrogen-bond donors (Lipinski definition) is 2. The molecule has 10 nitrogen and oxygen atoms in total.